The highest BCUT2D eigenvalue weighted by Crippen LogP contribution is 2.35. The van der Waals surface area contributed by atoms with E-state index in [1.54, 1.807) is 0 Å². The van der Waals surface area contributed by atoms with Gasteiger partial charge >= 0.3 is 0 Å². The van der Waals surface area contributed by atoms with Crippen LogP contribution in [0.15, 0.2) is 54.6 Å². The Morgan fingerprint density at radius 3 is 2.18 bits per heavy atom. The number of pyridine rings is 1. The quantitative estimate of drug-likeness (QED) is 0.681. The van der Waals surface area contributed by atoms with E-state index < -0.39 is 0 Å². The van der Waals surface area contributed by atoms with Crippen LogP contribution >= 0.6 is 0 Å². The Hall–Kier alpha value is -2.35. The molecule has 0 amide bonds. The summed E-state index contributed by atoms with van der Waals surface area (Å²) < 4.78 is 0. The standard InChI is InChI=1S/C20H22N2/c1-14-18(15-10-6-5-7-11-15)16-12-8-9-13-17(16)21-19(14)22-20(2,3)4/h5-13H,1-4H3,(H,21,22). The van der Waals surface area contributed by atoms with Crippen LogP contribution in [0.2, 0.25) is 0 Å². The third kappa shape index (κ3) is 2.82. The van der Waals surface area contributed by atoms with Crippen LogP contribution in [-0.4, -0.2) is 10.5 Å². The smallest absolute Gasteiger partial charge is 0.130 e. The molecule has 0 aliphatic heterocycles. The number of hydrogen-bond acceptors (Lipinski definition) is 2. The van der Waals surface area contributed by atoms with Gasteiger partial charge in [-0.05, 0) is 50.5 Å². The van der Waals surface area contributed by atoms with Crippen molar-refractivity contribution in [3.8, 4) is 11.1 Å². The summed E-state index contributed by atoms with van der Waals surface area (Å²) >= 11 is 0. The van der Waals surface area contributed by atoms with Gasteiger partial charge in [0.15, 0.2) is 0 Å². The minimum Gasteiger partial charge on any atom is -0.365 e. The van der Waals surface area contributed by atoms with Crippen molar-refractivity contribution in [2.24, 2.45) is 0 Å². The zero-order valence-corrected chi connectivity index (χ0v) is 13.6. The molecule has 0 bridgehead atoms. The summed E-state index contributed by atoms with van der Waals surface area (Å²) in [7, 11) is 0. The van der Waals surface area contributed by atoms with E-state index in [9.17, 15) is 0 Å². The fourth-order valence-corrected chi connectivity index (χ4v) is 2.76. The van der Waals surface area contributed by atoms with Crippen molar-refractivity contribution in [1.29, 1.82) is 0 Å². The van der Waals surface area contributed by atoms with Crippen LogP contribution in [0.4, 0.5) is 5.82 Å². The first kappa shape index (κ1) is 14.6. The second-order valence-electron chi connectivity index (χ2n) is 6.72. The Kier molecular flexibility index (Phi) is 3.61. The first-order valence-electron chi connectivity index (χ1n) is 7.69. The second-order valence-corrected chi connectivity index (χ2v) is 6.72. The zero-order valence-electron chi connectivity index (χ0n) is 13.6. The fourth-order valence-electron chi connectivity index (χ4n) is 2.76. The maximum Gasteiger partial charge on any atom is 0.130 e. The number of fused-ring (bicyclic) bond motifs is 1. The largest absolute Gasteiger partial charge is 0.365 e. The number of aromatic nitrogens is 1. The molecule has 0 atom stereocenters. The van der Waals surface area contributed by atoms with Gasteiger partial charge in [-0.2, -0.15) is 0 Å². The molecule has 0 fully saturated rings. The van der Waals surface area contributed by atoms with Crippen LogP contribution in [0.1, 0.15) is 26.3 Å². The van der Waals surface area contributed by atoms with E-state index in [-0.39, 0.29) is 5.54 Å². The monoisotopic (exact) mass is 290 g/mol. The van der Waals surface area contributed by atoms with E-state index >= 15 is 0 Å². The number of hydrogen-bond donors (Lipinski definition) is 1. The van der Waals surface area contributed by atoms with Crippen LogP contribution in [0.25, 0.3) is 22.0 Å². The lowest BCUT2D eigenvalue weighted by molar-refractivity contribution is 0.630. The van der Waals surface area contributed by atoms with Gasteiger partial charge in [-0.15, -0.1) is 0 Å². The fraction of sp³-hybridized carbons (Fsp3) is 0.250. The van der Waals surface area contributed by atoms with Gasteiger partial charge in [0, 0.05) is 10.9 Å². The second kappa shape index (κ2) is 5.45. The lowest BCUT2D eigenvalue weighted by Gasteiger charge is -2.24. The maximum atomic E-state index is 4.84. The predicted molar refractivity (Wildman–Crippen MR) is 95.3 cm³/mol. The van der Waals surface area contributed by atoms with E-state index in [0.717, 1.165) is 11.3 Å². The third-order valence-electron chi connectivity index (χ3n) is 3.69. The molecule has 22 heavy (non-hydrogen) atoms. The molecule has 0 aliphatic carbocycles. The molecule has 1 aromatic heterocycles. The van der Waals surface area contributed by atoms with E-state index in [2.05, 4.69) is 81.5 Å². The molecular formula is C20H22N2. The topological polar surface area (TPSA) is 24.9 Å². The van der Waals surface area contributed by atoms with Gasteiger partial charge in [-0.1, -0.05) is 48.5 Å². The highest BCUT2D eigenvalue weighted by molar-refractivity contribution is 5.98. The Bertz CT molecular complexity index is 799. The van der Waals surface area contributed by atoms with Crippen molar-refractivity contribution >= 4 is 16.7 Å². The molecular weight excluding hydrogens is 268 g/mol. The van der Waals surface area contributed by atoms with Gasteiger partial charge < -0.3 is 5.32 Å². The summed E-state index contributed by atoms with van der Waals surface area (Å²) in [6.07, 6.45) is 0. The number of nitrogens with zero attached hydrogens (tertiary/aromatic N) is 1. The number of rotatable bonds is 2. The molecule has 0 radical (unpaired) electrons. The summed E-state index contributed by atoms with van der Waals surface area (Å²) in [6.45, 7) is 8.62. The number of nitrogens with one attached hydrogen (secondary N) is 1. The zero-order chi connectivity index (χ0) is 15.7. The number of para-hydroxylation sites is 1. The highest BCUT2D eigenvalue weighted by atomic mass is 15.0. The minimum atomic E-state index is -0.0197. The first-order valence-corrected chi connectivity index (χ1v) is 7.69. The lowest BCUT2D eigenvalue weighted by atomic mass is 9.96. The number of benzene rings is 2. The molecule has 0 saturated heterocycles. The van der Waals surface area contributed by atoms with Gasteiger partial charge in [0.25, 0.3) is 0 Å². The van der Waals surface area contributed by atoms with Crippen LogP contribution < -0.4 is 5.32 Å². The minimum absolute atomic E-state index is 0.0197. The lowest BCUT2D eigenvalue weighted by Crippen LogP contribution is -2.27. The molecule has 1 heterocycles. The van der Waals surface area contributed by atoms with Crippen LogP contribution in [0.3, 0.4) is 0 Å². The van der Waals surface area contributed by atoms with E-state index in [0.29, 0.717) is 0 Å². The maximum absolute atomic E-state index is 4.84. The molecule has 2 aromatic carbocycles. The molecule has 0 aliphatic rings. The van der Waals surface area contributed by atoms with Gasteiger partial charge in [-0.3, -0.25) is 0 Å². The van der Waals surface area contributed by atoms with Crippen molar-refractivity contribution in [3.05, 3.63) is 60.2 Å². The first-order chi connectivity index (χ1) is 10.5. The number of anilines is 1. The molecule has 2 nitrogen and oxygen atoms in total. The van der Waals surface area contributed by atoms with Gasteiger partial charge in [0.2, 0.25) is 0 Å². The van der Waals surface area contributed by atoms with E-state index in [1.807, 2.05) is 6.07 Å². The van der Waals surface area contributed by atoms with Crippen molar-refractivity contribution < 1.29 is 0 Å². The normalized spacial score (nSPS) is 11.6. The molecule has 2 heteroatoms. The highest BCUT2D eigenvalue weighted by Gasteiger charge is 2.17. The average Bonchev–Trinajstić information content (AvgIpc) is 2.48. The van der Waals surface area contributed by atoms with Crippen molar-refractivity contribution in [2.45, 2.75) is 33.2 Å². The van der Waals surface area contributed by atoms with Crippen molar-refractivity contribution in [2.75, 3.05) is 5.32 Å². The van der Waals surface area contributed by atoms with Gasteiger partial charge in [-0.25, -0.2) is 4.98 Å². The van der Waals surface area contributed by atoms with Gasteiger partial charge in [0.1, 0.15) is 5.82 Å². The summed E-state index contributed by atoms with van der Waals surface area (Å²) in [5.74, 6) is 0.963. The average molecular weight is 290 g/mol. The Labute approximate surface area is 132 Å². The SMILES string of the molecule is Cc1c(NC(C)(C)C)nc2ccccc2c1-c1ccccc1. The van der Waals surface area contributed by atoms with Crippen LogP contribution in [0.5, 0.6) is 0 Å². The van der Waals surface area contributed by atoms with Crippen LogP contribution in [0, 0.1) is 6.92 Å². The molecule has 1 N–H and O–H groups in total. The molecule has 0 unspecified atom stereocenters. The summed E-state index contributed by atoms with van der Waals surface area (Å²) in [6, 6.07) is 18.9. The van der Waals surface area contributed by atoms with E-state index in [1.165, 1.54) is 22.1 Å². The molecule has 0 spiro atoms. The van der Waals surface area contributed by atoms with Crippen molar-refractivity contribution in [3.63, 3.8) is 0 Å². The third-order valence-corrected chi connectivity index (χ3v) is 3.69. The van der Waals surface area contributed by atoms with Crippen LogP contribution in [-0.2, 0) is 0 Å². The Morgan fingerprint density at radius 2 is 1.50 bits per heavy atom. The molecule has 0 saturated carbocycles. The Balaban J connectivity index is 2.31. The molecule has 112 valence electrons. The molecule has 3 aromatic rings. The predicted octanol–water partition coefficient (Wildman–Crippen LogP) is 5.42. The molecule has 3 rings (SSSR count). The van der Waals surface area contributed by atoms with E-state index in [4.69, 9.17) is 4.98 Å². The van der Waals surface area contributed by atoms with Crippen molar-refractivity contribution in [1.82, 2.24) is 4.98 Å². The Morgan fingerprint density at radius 1 is 0.864 bits per heavy atom. The summed E-state index contributed by atoms with van der Waals surface area (Å²) in [4.78, 5) is 4.84. The van der Waals surface area contributed by atoms with Gasteiger partial charge in [0.05, 0.1) is 5.52 Å². The summed E-state index contributed by atoms with van der Waals surface area (Å²) in [5.41, 5.74) is 4.70. The summed E-state index contributed by atoms with van der Waals surface area (Å²) in [5, 5.41) is 4.74.